The minimum absolute atomic E-state index is 0.0292. The van der Waals surface area contributed by atoms with Gasteiger partial charge in [-0.1, -0.05) is 43.3 Å². The standard InChI is InChI=1S/C22H25N3O3/c1-2-16-8-6-7-11-19(16)25-15-18(14-20(25)26)22(28)24-13-12-23-21(27)17-9-4-3-5-10-17/h3-11,18H,2,12-15H2,1H3,(H,23,27)(H,24,28). The van der Waals surface area contributed by atoms with Gasteiger partial charge in [-0.3, -0.25) is 14.4 Å². The molecule has 2 aromatic carbocycles. The van der Waals surface area contributed by atoms with Gasteiger partial charge in [0.2, 0.25) is 11.8 Å². The monoisotopic (exact) mass is 379 g/mol. The summed E-state index contributed by atoms with van der Waals surface area (Å²) in [5.74, 6) is -0.729. The van der Waals surface area contributed by atoms with Gasteiger partial charge in [-0.25, -0.2) is 0 Å². The molecular formula is C22H25N3O3. The molecule has 0 bridgehead atoms. The van der Waals surface area contributed by atoms with Crippen molar-refractivity contribution in [2.45, 2.75) is 19.8 Å². The van der Waals surface area contributed by atoms with Crippen LogP contribution in [0, 0.1) is 5.92 Å². The van der Waals surface area contributed by atoms with Crippen molar-refractivity contribution in [2.75, 3.05) is 24.5 Å². The Morgan fingerprint density at radius 3 is 2.43 bits per heavy atom. The van der Waals surface area contributed by atoms with Crippen LogP contribution in [0.15, 0.2) is 54.6 Å². The summed E-state index contributed by atoms with van der Waals surface area (Å²) in [5.41, 5.74) is 2.57. The first-order valence-electron chi connectivity index (χ1n) is 9.59. The number of rotatable bonds is 7. The smallest absolute Gasteiger partial charge is 0.251 e. The number of anilines is 1. The first-order chi connectivity index (χ1) is 13.6. The predicted octanol–water partition coefficient (Wildman–Crippen LogP) is 2.15. The van der Waals surface area contributed by atoms with Crippen molar-refractivity contribution >= 4 is 23.4 Å². The lowest BCUT2D eigenvalue weighted by Gasteiger charge is -2.20. The summed E-state index contributed by atoms with van der Waals surface area (Å²) in [5, 5.41) is 5.59. The van der Waals surface area contributed by atoms with Gasteiger partial charge in [-0.2, -0.15) is 0 Å². The summed E-state index contributed by atoms with van der Waals surface area (Å²) in [4.78, 5) is 38.5. The summed E-state index contributed by atoms with van der Waals surface area (Å²) < 4.78 is 0. The molecule has 0 aromatic heterocycles. The van der Waals surface area contributed by atoms with Gasteiger partial charge in [0.1, 0.15) is 0 Å². The van der Waals surface area contributed by atoms with Crippen molar-refractivity contribution < 1.29 is 14.4 Å². The average Bonchev–Trinajstić information content (AvgIpc) is 3.13. The Balaban J connectivity index is 1.48. The molecule has 0 radical (unpaired) electrons. The van der Waals surface area contributed by atoms with E-state index in [9.17, 15) is 14.4 Å². The fourth-order valence-corrected chi connectivity index (χ4v) is 3.39. The summed E-state index contributed by atoms with van der Waals surface area (Å²) in [6.45, 7) is 3.10. The normalized spacial score (nSPS) is 16.1. The highest BCUT2D eigenvalue weighted by Crippen LogP contribution is 2.28. The van der Waals surface area contributed by atoms with E-state index >= 15 is 0 Å². The highest BCUT2D eigenvalue weighted by atomic mass is 16.2. The number of hydrogen-bond donors (Lipinski definition) is 2. The van der Waals surface area contributed by atoms with E-state index in [4.69, 9.17) is 0 Å². The van der Waals surface area contributed by atoms with Crippen LogP contribution < -0.4 is 15.5 Å². The van der Waals surface area contributed by atoms with Crippen LogP contribution in [-0.2, 0) is 16.0 Å². The number of aryl methyl sites for hydroxylation is 1. The molecule has 6 heteroatoms. The summed E-state index contributed by atoms with van der Waals surface area (Å²) in [6.07, 6.45) is 1.04. The molecule has 28 heavy (non-hydrogen) atoms. The number of amides is 3. The van der Waals surface area contributed by atoms with E-state index in [1.165, 1.54) is 0 Å². The van der Waals surface area contributed by atoms with E-state index in [0.717, 1.165) is 17.7 Å². The third-order valence-corrected chi connectivity index (χ3v) is 4.90. The molecule has 3 rings (SSSR count). The highest BCUT2D eigenvalue weighted by Gasteiger charge is 2.35. The molecular weight excluding hydrogens is 354 g/mol. The number of para-hydroxylation sites is 1. The fraction of sp³-hybridized carbons (Fsp3) is 0.318. The Labute approximate surface area is 164 Å². The van der Waals surface area contributed by atoms with Gasteiger partial charge >= 0.3 is 0 Å². The maximum atomic E-state index is 12.4. The van der Waals surface area contributed by atoms with E-state index < -0.39 is 0 Å². The zero-order valence-corrected chi connectivity index (χ0v) is 16.0. The van der Waals surface area contributed by atoms with Crippen molar-refractivity contribution in [1.29, 1.82) is 0 Å². The first kappa shape index (κ1) is 19.6. The van der Waals surface area contributed by atoms with Gasteiger partial charge in [0.05, 0.1) is 5.92 Å². The first-order valence-corrected chi connectivity index (χ1v) is 9.59. The summed E-state index contributed by atoms with van der Waals surface area (Å²) in [7, 11) is 0. The second kappa shape index (κ2) is 9.17. The molecule has 0 spiro atoms. The predicted molar refractivity (Wildman–Crippen MR) is 108 cm³/mol. The number of carbonyl (C=O) groups is 3. The zero-order chi connectivity index (χ0) is 19.9. The van der Waals surface area contributed by atoms with Gasteiger partial charge in [0, 0.05) is 37.3 Å². The fourth-order valence-electron chi connectivity index (χ4n) is 3.39. The molecule has 1 heterocycles. The Kier molecular flexibility index (Phi) is 6.42. The molecule has 2 aromatic rings. The van der Waals surface area contributed by atoms with Gasteiger partial charge in [0.25, 0.3) is 5.91 Å². The molecule has 1 aliphatic rings. The number of hydrogen-bond acceptors (Lipinski definition) is 3. The van der Waals surface area contributed by atoms with Crippen LogP contribution in [0.4, 0.5) is 5.69 Å². The van der Waals surface area contributed by atoms with Crippen LogP contribution in [0.3, 0.4) is 0 Å². The van der Waals surface area contributed by atoms with Crippen LogP contribution in [0.2, 0.25) is 0 Å². The second-order valence-corrected chi connectivity index (χ2v) is 6.80. The molecule has 1 aliphatic heterocycles. The number of nitrogens with zero attached hydrogens (tertiary/aromatic N) is 1. The quantitative estimate of drug-likeness (QED) is 0.724. The molecule has 2 N–H and O–H groups in total. The largest absolute Gasteiger partial charge is 0.354 e. The molecule has 1 saturated heterocycles. The van der Waals surface area contributed by atoms with Crippen LogP contribution in [0.1, 0.15) is 29.3 Å². The van der Waals surface area contributed by atoms with Crippen molar-refractivity contribution in [2.24, 2.45) is 5.92 Å². The Morgan fingerprint density at radius 2 is 1.68 bits per heavy atom. The Hall–Kier alpha value is -3.15. The van der Waals surface area contributed by atoms with Crippen LogP contribution in [-0.4, -0.2) is 37.4 Å². The van der Waals surface area contributed by atoms with Crippen molar-refractivity contribution in [3.63, 3.8) is 0 Å². The van der Waals surface area contributed by atoms with Crippen LogP contribution in [0.25, 0.3) is 0 Å². The lowest BCUT2D eigenvalue weighted by atomic mass is 10.1. The van der Waals surface area contributed by atoms with Gasteiger partial charge in [-0.05, 0) is 30.2 Å². The Bertz CT molecular complexity index is 851. The van der Waals surface area contributed by atoms with Crippen LogP contribution >= 0.6 is 0 Å². The molecule has 1 fully saturated rings. The third-order valence-electron chi connectivity index (χ3n) is 4.90. The number of benzene rings is 2. The summed E-state index contributed by atoms with van der Waals surface area (Å²) in [6, 6.07) is 16.7. The van der Waals surface area contributed by atoms with E-state index in [-0.39, 0.29) is 30.1 Å². The topological polar surface area (TPSA) is 78.5 Å². The molecule has 1 atom stereocenters. The van der Waals surface area contributed by atoms with E-state index in [1.807, 2.05) is 37.3 Å². The highest BCUT2D eigenvalue weighted by molar-refractivity contribution is 6.00. The summed E-state index contributed by atoms with van der Waals surface area (Å²) >= 11 is 0. The van der Waals surface area contributed by atoms with E-state index in [2.05, 4.69) is 10.6 Å². The molecule has 0 saturated carbocycles. The maximum Gasteiger partial charge on any atom is 0.251 e. The molecule has 1 unspecified atom stereocenters. The van der Waals surface area contributed by atoms with Crippen molar-refractivity contribution in [3.05, 3.63) is 65.7 Å². The van der Waals surface area contributed by atoms with Crippen molar-refractivity contribution in [1.82, 2.24) is 10.6 Å². The minimum Gasteiger partial charge on any atom is -0.354 e. The zero-order valence-electron chi connectivity index (χ0n) is 16.0. The second-order valence-electron chi connectivity index (χ2n) is 6.80. The number of carbonyl (C=O) groups excluding carboxylic acids is 3. The number of nitrogens with one attached hydrogen (secondary N) is 2. The molecule has 146 valence electrons. The minimum atomic E-state index is -0.373. The maximum absolute atomic E-state index is 12.4. The van der Waals surface area contributed by atoms with Gasteiger partial charge in [0.15, 0.2) is 0 Å². The molecule has 0 aliphatic carbocycles. The lowest BCUT2D eigenvalue weighted by molar-refractivity contribution is -0.126. The lowest BCUT2D eigenvalue weighted by Crippen LogP contribution is -2.38. The van der Waals surface area contributed by atoms with E-state index in [0.29, 0.717) is 25.2 Å². The molecule has 3 amide bonds. The Morgan fingerprint density at radius 1 is 1.00 bits per heavy atom. The van der Waals surface area contributed by atoms with Crippen LogP contribution in [0.5, 0.6) is 0 Å². The SMILES string of the molecule is CCc1ccccc1N1CC(C(=O)NCCNC(=O)c2ccccc2)CC1=O. The average molecular weight is 379 g/mol. The molecule has 6 nitrogen and oxygen atoms in total. The third kappa shape index (κ3) is 4.57. The van der Waals surface area contributed by atoms with Gasteiger partial charge < -0.3 is 15.5 Å². The van der Waals surface area contributed by atoms with Crippen molar-refractivity contribution in [3.8, 4) is 0 Å². The van der Waals surface area contributed by atoms with E-state index in [1.54, 1.807) is 29.2 Å². The van der Waals surface area contributed by atoms with Gasteiger partial charge in [-0.15, -0.1) is 0 Å².